The predicted octanol–water partition coefficient (Wildman–Crippen LogP) is 7.34. The number of aromatic nitrogens is 1. The molecule has 3 aromatic rings. The normalized spacial score (nSPS) is 16.1. The summed E-state index contributed by atoms with van der Waals surface area (Å²) in [6.45, 7) is 11.2. The first-order chi connectivity index (χ1) is 20.0. The van der Waals surface area contributed by atoms with Crippen LogP contribution in [0.3, 0.4) is 0 Å². The zero-order chi connectivity index (χ0) is 30.5. The van der Waals surface area contributed by atoms with Crippen LogP contribution in [0.5, 0.6) is 0 Å². The Hall–Kier alpha value is -4.31. The molecule has 2 aromatic carbocycles. The molecule has 0 saturated carbocycles. The van der Waals surface area contributed by atoms with E-state index >= 15 is 0 Å². The highest BCUT2D eigenvalue weighted by molar-refractivity contribution is 6.05. The largest absolute Gasteiger partial charge is 0.383 e. The molecule has 0 atom stereocenters. The third-order valence-electron chi connectivity index (χ3n) is 8.47. The number of nitrogens with zero attached hydrogens (tertiary/aromatic N) is 3. The Morgan fingerprint density at radius 2 is 1.57 bits per heavy atom. The molecule has 1 aromatic heterocycles. The molecule has 4 heteroatoms. The van der Waals surface area contributed by atoms with Crippen LogP contribution in [0.1, 0.15) is 57.0 Å². The van der Waals surface area contributed by atoms with Gasteiger partial charge in [0.1, 0.15) is 19.8 Å². The van der Waals surface area contributed by atoms with Gasteiger partial charge in [0.25, 0.3) is 0 Å². The number of aliphatic imine (C=N–C) groups is 1. The van der Waals surface area contributed by atoms with E-state index in [1.54, 1.807) is 0 Å². The molecule has 0 saturated heterocycles. The van der Waals surface area contributed by atoms with E-state index < -0.39 is 0 Å². The molecule has 42 heavy (non-hydrogen) atoms. The minimum Gasteiger partial charge on any atom is -0.383 e. The van der Waals surface area contributed by atoms with Crippen LogP contribution in [-0.4, -0.2) is 37.1 Å². The number of rotatable bonds is 9. The first kappa shape index (κ1) is 30.6. The van der Waals surface area contributed by atoms with Crippen molar-refractivity contribution < 1.29 is 9.14 Å². The lowest BCUT2D eigenvalue weighted by Gasteiger charge is -2.25. The summed E-state index contributed by atoms with van der Waals surface area (Å²) in [5.74, 6) is 0. The molecule has 0 radical (unpaired) electrons. The number of pyridine rings is 1. The SMILES string of the molecule is C\N=C(/C=C/C(C)=C/C=C(\NC)c1ccc(/C=C/C2=[N+](C)c3ccccc3C2(C)C)c[n+]1C)C(C)(C)c1ccccc1. The number of aryl methyl sites for hydroxylation is 1. The van der Waals surface area contributed by atoms with Gasteiger partial charge < -0.3 is 5.32 Å². The van der Waals surface area contributed by atoms with Crippen molar-refractivity contribution in [3.63, 3.8) is 0 Å². The number of fused-ring (bicyclic) bond motifs is 1. The molecule has 1 N–H and O–H groups in total. The maximum atomic E-state index is 4.61. The van der Waals surface area contributed by atoms with Crippen molar-refractivity contribution in [1.82, 2.24) is 5.32 Å². The summed E-state index contributed by atoms with van der Waals surface area (Å²) in [6, 6.07) is 23.6. The fourth-order valence-electron chi connectivity index (χ4n) is 5.83. The summed E-state index contributed by atoms with van der Waals surface area (Å²) in [4.78, 5) is 4.61. The van der Waals surface area contributed by atoms with Crippen LogP contribution in [-0.2, 0) is 17.9 Å². The highest BCUT2D eigenvalue weighted by Crippen LogP contribution is 2.39. The van der Waals surface area contributed by atoms with E-state index in [9.17, 15) is 0 Å². The molecule has 0 aliphatic carbocycles. The summed E-state index contributed by atoms with van der Waals surface area (Å²) in [5.41, 5.74) is 10.5. The number of nitrogens with one attached hydrogen (secondary N) is 1. The zero-order valence-corrected chi connectivity index (χ0v) is 26.7. The Bertz CT molecular complexity index is 1630. The van der Waals surface area contributed by atoms with Crippen LogP contribution in [0, 0.1) is 0 Å². The lowest BCUT2D eigenvalue weighted by molar-refractivity contribution is -0.674. The zero-order valence-electron chi connectivity index (χ0n) is 26.7. The lowest BCUT2D eigenvalue weighted by atomic mass is 9.79. The maximum Gasteiger partial charge on any atom is 0.228 e. The average Bonchev–Trinajstić information content (AvgIpc) is 3.17. The van der Waals surface area contributed by atoms with Gasteiger partial charge in [-0.2, -0.15) is 9.14 Å². The van der Waals surface area contributed by atoms with E-state index in [0.717, 1.165) is 28.2 Å². The van der Waals surface area contributed by atoms with E-state index in [1.165, 1.54) is 22.5 Å². The van der Waals surface area contributed by atoms with Crippen molar-refractivity contribution in [3.8, 4) is 0 Å². The second kappa shape index (κ2) is 12.7. The second-order valence-corrected chi connectivity index (χ2v) is 12.1. The summed E-state index contributed by atoms with van der Waals surface area (Å²) in [5, 5.41) is 3.38. The topological polar surface area (TPSA) is 31.3 Å². The molecule has 2 heterocycles. The van der Waals surface area contributed by atoms with Crippen molar-refractivity contribution in [2.45, 2.75) is 45.4 Å². The maximum absolute atomic E-state index is 4.61. The van der Waals surface area contributed by atoms with Crippen molar-refractivity contribution in [3.05, 3.63) is 131 Å². The third kappa shape index (κ3) is 6.28. The molecule has 1 aliphatic rings. The molecular weight excluding hydrogens is 512 g/mol. The van der Waals surface area contributed by atoms with E-state index in [0.29, 0.717) is 0 Å². The van der Waals surface area contributed by atoms with E-state index in [1.807, 2.05) is 14.1 Å². The van der Waals surface area contributed by atoms with Crippen LogP contribution < -0.4 is 9.88 Å². The summed E-state index contributed by atoms with van der Waals surface area (Å²) < 4.78 is 4.48. The summed E-state index contributed by atoms with van der Waals surface area (Å²) >= 11 is 0. The Morgan fingerprint density at radius 3 is 2.21 bits per heavy atom. The quantitative estimate of drug-likeness (QED) is 0.166. The fourth-order valence-corrected chi connectivity index (χ4v) is 5.83. The van der Waals surface area contributed by atoms with E-state index in [4.69, 9.17) is 0 Å². The predicted molar refractivity (Wildman–Crippen MR) is 180 cm³/mol. The molecular formula is C38H46N4+2. The van der Waals surface area contributed by atoms with Gasteiger partial charge in [-0.1, -0.05) is 80.1 Å². The summed E-state index contributed by atoms with van der Waals surface area (Å²) in [6.07, 6.45) is 15.2. The number of hydrogen-bond donors (Lipinski definition) is 1. The molecule has 1 aliphatic heterocycles. The highest BCUT2D eigenvalue weighted by atomic mass is 15.0. The van der Waals surface area contributed by atoms with Gasteiger partial charge in [-0.05, 0) is 50.6 Å². The number of allylic oxidation sites excluding steroid dienone is 6. The molecule has 0 fully saturated rings. The molecule has 0 amide bonds. The molecule has 0 bridgehead atoms. The number of benzene rings is 2. The minimum absolute atomic E-state index is 0.0360. The molecule has 4 nitrogen and oxygen atoms in total. The van der Waals surface area contributed by atoms with Crippen LogP contribution in [0.25, 0.3) is 11.8 Å². The van der Waals surface area contributed by atoms with Crippen molar-refractivity contribution >= 4 is 28.9 Å². The van der Waals surface area contributed by atoms with Crippen LogP contribution in [0.2, 0.25) is 0 Å². The lowest BCUT2D eigenvalue weighted by Crippen LogP contribution is -2.35. The van der Waals surface area contributed by atoms with Gasteiger partial charge in [0.2, 0.25) is 11.4 Å². The van der Waals surface area contributed by atoms with E-state index in [-0.39, 0.29) is 10.8 Å². The van der Waals surface area contributed by atoms with Crippen LogP contribution in [0.4, 0.5) is 5.69 Å². The monoisotopic (exact) mass is 558 g/mol. The Balaban J connectivity index is 1.52. The van der Waals surface area contributed by atoms with Gasteiger partial charge in [-0.3, -0.25) is 4.99 Å². The first-order valence-electron chi connectivity index (χ1n) is 14.7. The van der Waals surface area contributed by atoms with Crippen molar-refractivity contribution in [1.29, 1.82) is 0 Å². The van der Waals surface area contributed by atoms with Gasteiger partial charge in [0.15, 0.2) is 11.9 Å². The number of hydrogen-bond acceptors (Lipinski definition) is 2. The van der Waals surface area contributed by atoms with Gasteiger partial charge in [0.05, 0.1) is 5.41 Å². The fraction of sp³-hybridized carbons (Fsp3) is 0.289. The minimum atomic E-state index is -0.172. The molecule has 4 rings (SSSR count). The highest BCUT2D eigenvalue weighted by Gasteiger charge is 2.42. The van der Waals surface area contributed by atoms with Crippen LogP contribution in [0.15, 0.2) is 114 Å². The smallest absolute Gasteiger partial charge is 0.228 e. The number of para-hydroxylation sites is 1. The third-order valence-corrected chi connectivity index (χ3v) is 8.47. The first-order valence-corrected chi connectivity index (χ1v) is 14.7. The van der Waals surface area contributed by atoms with Crippen molar-refractivity contribution in [2.24, 2.45) is 12.0 Å². The van der Waals surface area contributed by atoms with Crippen LogP contribution >= 0.6 is 0 Å². The standard InChI is InChI=1S/C38H46N4/c1-28(20-25-35(40-7)37(2,3)30-15-11-10-12-16-30)19-23-32(39-6)34-24-21-29(27-41(34)8)22-26-36-38(4,5)31-17-13-14-18-33(31)42(36)9/h10-27,39H,1-9H3/q+2/b25-20+,26-22+,28-19+,32-23-,40-35+. The Kier molecular flexibility index (Phi) is 9.26. The Morgan fingerprint density at radius 1 is 0.881 bits per heavy atom. The Labute approximate surface area is 252 Å². The molecule has 0 spiro atoms. The second-order valence-electron chi connectivity index (χ2n) is 12.1. The molecule has 0 unspecified atom stereocenters. The van der Waals surface area contributed by atoms with Crippen molar-refractivity contribution in [2.75, 3.05) is 21.1 Å². The summed E-state index contributed by atoms with van der Waals surface area (Å²) in [7, 11) is 8.09. The average molecular weight is 559 g/mol. The molecule has 216 valence electrons. The van der Waals surface area contributed by atoms with Gasteiger partial charge in [0, 0.05) is 54.6 Å². The van der Waals surface area contributed by atoms with Gasteiger partial charge in [-0.25, -0.2) is 0 Å². The van der Waals surface area contributed by atoms with Gasteiger partial charge >= 0.3 is 0 Å². The van der Waals surface area contributed by atoms with Gasteiger partial charge in [-0.15, -0.1) is 0 Å². The van der Waals surface area contributed by atoms with E-state index in [2.05, 4.69) is 178 Å².